The van der Waals surface area contributed by atoms with Crippen LogP contribution in [-0.4, -0.2) is 166 Å². The molecule has 16 nitrogen and oxygen atoms in total. The minimum atomic E-state index is -1.59. The summed E-state index contributed by atoms with van der Waals surface area (Å²) in [6, 6.07) is 0. The molecule has 0 radical (unpaired) electrons. The van der Waals surface area contributed by atoms with Crippen molar-refractivity contribution in [2.75, 3.05) is 20.3 Å². The highest BCUT2D eigenvalue weighted by Gasteiger charge is 2.51. The lowest BCUT2D eigenvalue weighted by Gasteiger charge is -2.48. The Bertz CT molecular complexity index is 873. The molecule has 4 aliphatic rings. The molecule has 4 saturated heterocycles. The summed E-state index contributed by atoms with van der Waals surface area (Å²) in [5.74, 6) is -1.72. The van der Waals surface area contributed by atoms with Crippen LogP contribution in [0, 0.1) is 17.8 Å². The van der Waals surface area contributed by atoms with E-state index in [2.05, 4.69) is 0 Å². The van der Waals surface area contributed by atoms with E-state index < -0.39 is 129 Å². The van der Waals surface area contributed by atoms with E-state index in [1.807, 2.05) is 13.8 Å². The highest BCUT2D eigenvalue weighted by molar-refractivity contribution is 4.94. The van der Waals surface area contributed by atoms with Crippen LogP contribution in [0.4, 0.5) is 0 Å². The monoisotopic (exact) mass is 670 g/mol. The van der Waals surface area contributed by atoms with Crippen LogP contribution in [0.15, 0.2) is 0 Å². The lowest BCUT2D eigenvalue weighted by atomic mass is 9.88. The molecular weight excluding hydrogens is 616 g/mol. The van der Waals surface area contributed by atoms with Crippen LogP contribution in [0.3, 0.4) is 0 Å². The molecule has 0 aromatic carbocycles. The molecule has 8 N–H and O–H groups in total. The smallest absolute Gasteiger partial charge is 0.186 e. The number of hydrogen-bond donors (Lipinski definition) is 8. The van der Waals surface area contributed by atoms with Crippen LogP contribution >= 0.6 is 0 Å². The van der Waals surface area contributed by atoms with Gasteiger partial charge in [-0.1, -0.05) is 34.6 Å². The first kappa shape index (κ1) is 38.2. The predicted molar refractivity (Wildman–Crippen MR) is 155 cm³/mol. The number of hydrogen-bond acceptors (Lipinski definition) is 16. The average molecular weight is 671 g/mol. The molecule has 20 atom stereocenters. The van der Waals surface area contributed by atoms with Crippen molar-refractivity contribution >= 4 is 0 Å². The molecule has 0 aromatic rings. The third kappa shape index (κ3) is 7.88. The van der Waals surface area contributed by atoms with Gasteiger partial charge in [0.25, 0.3) is 0 Å². The van der Waals surface area contributed by atoms with Crippen LogP contribution in [0.2, 0.25) is 0 Å². The normalized spacial score (nSPS) is 52.0. The van der Waals surface area contributed by atoms with Crippen molar-refractivity contribution in [2.45, 2.75) is 152 Å². The molecule has 4 fully saturated rings. The van der Waals surface area contributed by atoms with E-state index in [0.29, 0.717) is 12.8 Å². The molecule has 16 heteroatoms. The maximum absolute atomic E-state index is 11.4. The predicted octanol–water partition coefficient (Wildman–Crippen LogP) is -2.43. The standard InChI is InChI=1S/C30H54O16/c1-7-14-18(31)12(4)20(33)28(42-14)40-9-16-11(3)26(46-30-21(34)13(5)19(32)15(8-2)43-30)25(38)29(44-16)41-10-17-22(35)23(36)24(37)27(39-6)45-17/h11-38H,7-10H2,1-6H3/t11-,12-,13-,14?,15?,16?,17?,18+,19+,20?,21?,22-,23-,24?,25?,26-,27+,28+,29+,30-/m1/s1. The zero-order chi connectivity index (χ0) is 34.0. The summed E-state index contributed by atoms with van der Waals surface area (Å²) in [4.78, 5) is 0. The van der Waals surface area contributed by atoms with Gasteiger partial charge in [0.2, 0.25) is 0 Å². The van der Waals surface area contributed by atoms with Crippen LogP contribution in [0.5, 0.6) is 0 Å². The third-order valence-electron chi connectivity index (χ3n) is 9.97. The van der Waals surface area contributed by atoms with Gasteiger partial charge in [-0.3, -0.25) is 0 Å². The Balaban J connectivity index is 1.51. The summed E-state index contributed by atoms with van der Waals surface area (Å²) in [6.45, 7) is 8.22. The maximum Gasteiger partial charge on any atom is 0.186 e. The fraction of sp³-hybridized carbons (Fsp3) is 1.00. The lowest BCUT2D eigenvalue weighted by molar-refractivity contribution is -0.359. The van der Waals surface area contributed by atoms with E-state index in [0.717, 1.165) is 0 Å². The number of rotatable bonds is 11. The molecule has 0 saturated carbocycles. The van der Waals surface area contributed by atoms with Gasteiger partial charge in [-0.15, -0.1) is 0 Å². The van der Waals surface area contributed by atoms with Crippen molar-refractivity contribution in [3.8, 4) is 0 Å². The molecule has 0 aromatic heterocycles. The van der Waals surface area contributed by atoms with Crippen molar-refractivity contribution in [1.29, 1.82) is 0 Å². The highest BCUT2D eigenvalue weighted by Crippen LogP contribution is 2.36. The quantitative estimate of drug-likeness (QED) is 0.114. The van der Waals surface area contributed by atoms with Crippen molar-refractivity contribution in [1.82, 2.24) is 0 Å². The number of ether oxygens (including phenoxy) is 8. The number of aliphatic hydroxyl groups is 8. The third-order valence-corrected chi connectivity index (χ3v) is 9.97. The van der Waals surface area contributed by atoms with Crippen molar-refractivity contribution in [3.63, 3.8) is 0 Å². The van der Waals surface area contributed by atoms with E-state index in [1.54, 1.807) is 20.8 Å². The molecule has 0 spiro atoms. The first-order valence-electron chi connectivity index (χ1n) is 16.2. The van der Waals surface area contributed by atoms with Gasteiger partial charge in [0, 0.05) is 24.9 Å². The summed E-state index contributed by atoms with van der Waals surface area (Å²) >= 11 is 0. The van der Waals surface area contributed by atoms with Gasteiger partial charge in [0.05, 0.1) is 49.8 Å². The Labute approximate surface area is 269 Å². The van der Waals surface area contributed by atoms with Gasteiger partial charge in [0.1, 0.15) is 42.7 Å². The molecule has 0 aliphatic carbocycles. The van der Waals surface area contributed by atoms with Crippen molar-refractivity contribution in [2.24, 2.45) is 17.8 Å². The molecule has 270 valence electrons. The molecular formula is C30H54O16. The zero-order valence-electron chi connectivity index (χ0n) is 27.2. The maximum atomic E-state index is 11.4. The Morgan fingerprint density at radius 3 is 1.46 bits per heavy atom. The van der Waals surface area contributed by atoms with Gasteiger partial charge in [-0.2, -0.15) is 0 Å². The highest BCUT2D eigenvalue weighted by atomic mass is 16.8. The first-order chi connectivity index (χ1) is 21.7. The SMILES string of the molecule is CCC1O[C@H](O[C@H]2C(O)[C@@H](OCC3O[C@H](OC)C(O)[C@H](O)[C@@H]3O)OC(CO[C@H]3OC(CC)[C@@H](O)[C@@H](C)C3O)[C@H]2C)C(O)[C@H](C)[C@@H]1O. The van der Waals surface area contributed by atoms with Crippen LogP contribution in [-0.2, 0) is 37.9 Å². The summed E-state index contributed by atoms with van der Waals surface area (Å²) in [5, 5.41) is 84.9. The molecule has 4 heterocycles. The first-order valence-corrected chi connectivity index (χ1v) is 16.2. The molecule has 4 rings (SSSR count). The fourth-order valence-corrected chi connectivity index (χ4v) is 6.54. The largest absolute Gasteiger partial charge is 0.390 e. The van der Waals surface area contributed by atoms with Crippen LogP contribution in [0.1, 0.15) is 47.5 Å². The van der Waals surface area contributed by atoms with E-state index in [9.17, 15) is 40.9 Å². The molecule has 8 unspecified atom stereocenters. The average Bonchev–Trinajstić information content (AvgIpc) is 3.05. The molecule has 46 heavy (non-hydrogen) atoms. The van der Waals surface area contributed by atoms with Gasteiger partial charge in [-0.25, -0.2) is 0 Å². The van der Waals surface area contributed by atoms with Gasteiger partial charge in [0.15, 0.2) is 25.2 Å². The van der Waals surface area contributed by atoms with Crippen molar-refractivity contribution < 1.29 is 78.7 Å². The van der Waals surface area contributed by atoms with E-state index in [4.69, 9.17) is 37.9 Å². The summed E-state index contributed by atoms with van der Waals surface area (Å²) in [6.07, 6.45) is -18.5. The van der Waals surface area contributed by atoms with Crippen LogP contribution < -0.4 is 0 Å². The second kappa shape index (κ2) is 16.4. The van der Waals surface area contributed by atoms with E-state index >= 15 is 0 Å². The molecule has 0 amide bonds. The molecule has 4 aliphatic heterocycles. The molecule has 0 bridgehead atoms. The minimum absolute atomic E-state index is 0.158. The van der Waals surface area contributed by atoms with Gasteiger partial charge >= 0.3 is 0 Å². The Morgan fingerprint density at radius 2 is 0.913 bits per heavy atom. The Kier molecular flexibility index (Phi) is 13.6. The van der Waals surface area contributed by atoms with E-state index in [-0.39, 0.29) is 6.61 Å². The second-order valence-electron chi connectivity index (χ2n) is 13.0. The van der Waals surface area contributed by atoms with E-state index in [1.165, 1.54) is 7.11 Å². The van der Waals surface area contributed by atoms with Crippen LogP contribution in [0.25, 0.3) is 0 Å². The summed E-state index contributed by atoms with van der Waals surface area (Å²) < 4.78 is 46.5. The second-order valence-corrected chi connectivity index (χ2v) is 13.0. The summed E-state index contributed by atoms with van der Waals surface area (Å²) in [5.41, 5.74) is 0. The van der Waals surface area contributed by atoms with Gasteiger partial charge in [-0.05, 0) is 12.8 Å². The lowest BCUT2D eigenvalue weighted by Crippen LogP contribution is -2.62. The summed E-state index contributed by atoms with van der Waals surface area (Å²) in [7, 11) is 1.26. The topological polar surface area (TPSA) is 236 Å². The number of aliphatic hydroxyl groups excluding tert-OH is 8. The fourth-order valence-electron chi connectivity index (χ4n) is 6.54. The Hall–Kier alpha value is -0.640. The number of methoxy groups -OCH3 is 1. The van der Waals surface area contributed by atoms with Crippen molar-refractivity contribution in [3.05, 3.63) is 0 Å². The Morgan fingerprint density at radius 1 is 0.457 bits per heavy atom. The van der Waals surface area contributed by atoms with Gasteiger partial charge < -0.3 is 78.7 Å². The minimum Gasteiger partial charge on any atom is -0.390 e. The zero-order valence-corrected chi connectivity index (χ0v) is 27.2.